The Morgan fingerprint density at radius 3 is 2.18 bits per heavy atom. The predicted octanol–water partition coefficient (Wildman–Crippen LogP) is 6.76. The summed E-state index contributed by atoms with van der Waals surface area (Å²) in [7, 11) is 0. The Morgan fingerprint density at radius 1 is 0.947 bits per heavy atom. The highest BCUT2D eigenvalue weighted by Gasteiger charge is 2.41. The van der Waals surface area contributed by atoms with Crippen molar-refractivity contribution in [3.05, 3.63) is 48.2 Å². The average Bonchev–Trinajstić information content (AvgIpc) is 2.89. The summed E-state index contributed by atoms with van der Waals surface area (Å²) in [6.07, 6.45) is 18.2. The predicted molar refractivity (Wildman–Crippen MR) is 155 cm³/mol. The van der Waals surface area contributed by atoms with Gasteiger partial charge in [-0.2, -0.15) is 0 Å². The molecule has 0 radical (unpaired) electrons. The molecule has 3 N–H and O–H groups in total. The molecular weight excluding hydrogens is 478 g/mol. The molecule has 0 aliphatic carbocycles. The van der Waals surface area contributed by atoms with Crippen molar-refractivity contribution >= 4 is 12.0 Å². The van der Waals surface area contributed by atoms with Crippen molar-refractivity contribution in [3.63, 3.8) is 0 Å². The zero-order valence-corrected chi connectivity index (χ0v) is 24.0. The van der Waals surface area contributed by atoms with Gasteiger partial charge in [-0.3, -0.25) is 4.79 Å². The van der Waals surface area contributed by atoms with Gasteiger partial charge in [0.2, 0.25) is 12.2 Å². The van der Waals surface area contributed by atoms with Crippen LogP contribution in [0.3, 0.4) is 0 Å². The molecule has 2 rings (SSSR count). The van der Waals surface area contributed by atoms with Gasteiger partial charge in [-0.1, -0.05) is 96.8 Å². The minimum atomic E-state index is -0.920. The molecule has 0 spiro atoms. The molecule has 214 valence electrons. The molecule has 0 aromatic heterocycles. The first kappa shape index (κ1) is 32.1. The van der Waals surface area contributed by atoms with E-state index in [1.54, 1.807) is 26.1 Å². The molecular formula is C32H51NO5. The first-order valence-electron chi connectivity index (χ1n) is 14.7. The monoisotopic (exact) mass is 529 g/mol. The van der Waals surface area contributed by atoms with Crippen LogP contribution in [0.15, 0.2) is 42.6 Å². The van der Waals surface area contributed by atoms with E-state index in [4.69, 9.17) is 9.47 Å². The van der Waals surface area contributed by atoms with Crippen LogP contribution in [0.25, 0.3) is 6.08 Å². The van der Waals surface area contributed by atoms with Gasteiger partial charge < -0.3 is 25.0 Å². The van der Waals surface area contributed by atoms with E-state index in [1.807, 2.05) is 36.4 Å². The second-order valence-corrected chi connectivity index (χ2v) is 11.1. The van der Waals surface area contributed by atoms with Gasteiger partial charge in [0.05, 0.1) is 12.2 Å². The second kappa shape index (κ2) is 18.2. The van der Waals surface area contributed by atoms with Gasteiger partial charge in [0, 0.05) is 12.1 Å². The van der Waals surface area contributed by atoms with Crippen molar-refractivity contribution in [2.24, 2.45) is 11.8 Å². The smallest absolute Gasteiger partial charge is 0.247 e. The van der Waals surface area contributed by atoms with E-state index in [-0.39, 0.29) is 11.8 Å². The molecule has 6 heteroatoms. The van der Waals surface area contributed by atoms with Crippen LogP contribution in [-0.2, 0) is 9.53 Å². The number of hydrogen-bond donors (Lipinski definition) is 3. The summed E-state index contributed by atoms with van der Waals surface area (Å²) < 4.78 is 11.6. The molecule has 5 atom stereocenters. The number of carbonyl (C=O) groups is 1. The quantitative estimate of drug-likeness (QED) is 0.153. The van der Waals surface area contributed by atoms with Crippen molar-refractivity contribution in [3.8, 4) is 5.75 Å². The van der Waals surface area contributed by atoms with Gasteiger partial charge in [0.15, 0.2) is 0 Å². The summed E-state index contributed by atoms with van der Waals surface area (Å²) in [5.74, 6) is 0.960. The Balaban J connectivity index is 1.54. The van der Waals surface area contributed by atoms with Crippen LogP contribution in [0.4, 0.5) is 0 Å². The summed E-state index contributed by atoms with van der Waals surface area (Å²) in [6.45, 7) is 8.11. The molecule has 1 heterocycles. The molecule has 38 heavy (non-hydrogen) atoms. The topological polar surface area (TPSA) is 88.0 Å². The third kappa shape index (κ3) is 12.6. The fraction of sp³-hybridized carbons (Fsp3) is 0.656. The molecule has 1 saturated heterocycles. The first-order chi connectivity index (χ1) is 18.3. The number of carbonyl (C=O) groups excluding carboxylic acids is 1. The highest BCUT2D eigenvalue weighted by Crippen LogP contribution is 2.28. The van der Waals surface area contributed by atoms with Crippen molar-refractivity contribution in [2.75, 3.05) is 0 Å². The van der Waals surface area contributed by atoms with Crippen molar-refractivity contribution in [1.82, 2.24) is 5.32 Å². The Bertz CT molecular complexity index is 835. The van der Waals surface area contributed by atoms with E-state index in [1.165, 1.54) is 57.8 Å². The minimum Gasteiger partial charge on any atom is -0.465 e. The Hall–Kier alpha value is -2.15. The minimum absolute atomic E-state index is 0.128. The van der Waals surface area contributed by atoms with Crippen molar-refractivity contribution in [1.29, 1.82) is 0 Å². The van der Waals surface area contributed by atoms with Gasteiger partial charge in [0.25, 0.3) is 0 Å². The van der Waals surface area contributed by atoms with E-state index in [2.05, 4.69) is 19.2 Å². The Labute approximate surface area is 230 Å². The number of nitrogens with one attached hydrogen (secondary N) is 1. The number of aliphatic hydroxyl groups is 2. The first-order valence-corrected chi connectivity index (χ1v) is 14.7. The van der Waals surface area contributed by atoms with E-state index in [0.717, 1.165) is 24.3 Å². The number of allylic oxidation sites excluding steroid dienone is 1. The third-order valence-corrected chi connectivity index (χ3v) is 7.20. The highest BCUT2D eigenvalue weighted by atomic mass is 16.7. The summed E-state index contributed by atoms with van der Waals surface area (Å²) in [4.78, 5) is 12.0. The Kier molecular flexibility index (Phi) is 15.4. The fourth-order valence-electron chi connectivity index (χ4n) is 4.60. The van der Waals surface area contributed by atoms with Crippen LogP contribution in [0.2, 0.25) is 0 Å². The molecule has 1 aliphatic rings. The van der Waals surface area contributed by atoms with Gasteiger partial charge in [-0.05, 0) is 55.5 Å². The lowest BCUT2D eigenvalue weighted by molar-refractivity contribution is -0.245. The second-order valence-electron chi connectivity index (χ2n) is 11.1. The molecule has 1 amide bonds. The van der Waals surface area contributed by atoms with Gasteiger partial charge in [0.1, 0.15) is 11.9 Å². The molecule has 6 nitrogen and oxygen atoms in total. The molecule has 1 aromatic carbocycles. The number of ether oxygens (including phenoxy) is 2. The van der Waals surface area contributed by atoms with Crippen LogP contribution >= 0.6 is 0 Å². The average molecular weight is 530 g/mol. The molecule has 0 bridgehead atoms. The van der Waals surface area contributed by atoms with Crippen LogP contribution in [0.5, 0.6) is 5.75 Å². The summed E-state index contributed by atoms with van der Waals surface area (Å²) in [5.41, 5.74) is 0.915. The van der Waals surface area contributed by atoms with Crippen LogP contribution < -0.4 is 10.1 Å². The van der Waals surface area contributed by atoms with Gasteiger partial charge in [-0.25, -0.2) is 0 Å². The standard InChI is InChI=1S/C32H51NO5/c1-24(2)16-14-12-10-8-6-5-7-9-11-13-15-17-29(34)33-23-22-27-18-20-28(21-19-27)38-32-25(3)30(35)31(36)26(4)37-32/h15,17-26,30-32,35-36H,5-14,16H2,1-4H3,(H,33,34)/b17-15-,23-22-/t25-,26?,30?,31?,32?/m1/s1. The van der Waals surface area contributed by atoms with Gasteiger partial charge in [-0.15, -0.1) is 0 Å². The molecule has 1 aliphatic heterocycles. The van der Waals surface area contributed by atoms with Crippen molar-refractivity contribution in [2.45, 2.75) is 123 Å². The van der Waals surface area contributed by atoms with E-state index in [0.29, 0.717) is 5.75 Å². The van der Waals surface area contributed by atoms with E-state index >= 15 is 0 Å². The molecule has 1 aromatic rings. The van der Waals surface area contributed by atoms with E-state index in [9.17, 15) is 15.0 Å². The largest absolute Gasteiger partial charge is 0.465 e. The highest BCUT2D eigenvalue weighted by molar-refractivity contribution is 5.88. The van der Waals surface area contributed by atoms with Gasteiger partial charge >= 0.3 is 0 Å². The van der Waals surface area contributed by atoms with Crippen LogP contribution in [-0.4, -0.2) is 40.7 Å². The lowest BCUT2D eigenvalue weighted by Crippen LogP contribution is -2.54. The number of hydrogen-bond acceptors (Lipinski definition) is 5. The summed E-state index contributed by atoms with van der Waals surface area (Å²) >= 11 is 0. The molecule has 4 unspecified atom stereocenters. The maximum atomic E-state index is 12.0. The Morgan fingerprint density at radius 2 is 1.55 bits per heavy atom. The van der Waals surface area contributed by atoms with E-state index < -0.39 is 24.6 Å². The number of benzene rings is 1. The number of aliphatic hydroxyl groups excluding tert-OH is 2. The SMILES string of the molecule is CC(C)CCCCCCCCCCC/C=C\C(=O)N/C=C\c1ccc(OC2OC(C)C(O)C(O)[C@H]2C)cc1. The number of rotatable bonds is 17. The third-order valence-electron chi connectivity index (χ3n) is 7.20. The lowest BCUT2D eigenvalue weighted by Gasteiger charge is -2.39. The lowest BCUT2D eigenvalue weighted by atomic mass is 9.93. The van der Waals surface area contributed by atoms with Crippen LogP contribution in [0.1, 0.15) is 104 Å². The number of unbranched alkanes of at least 4 members (excludes halogenated alkanes) is 9. The zero-order valence-electron chi connectivity index (χ0n) is 24.0. The number of amides is 1. The molecule has 0 saturated carbocycles. The maximum absolute atomic E-state index is 12.0. The van der Waals surface area contributed by atoms with Crippen LogP contribution in [0, 0.1) is 11.8 Å². The summed E-state index contributed by atoms with van der Waals surface area (Å²) in [6, 6.07) is 7.38. The maximum Gasteiger partial charge on any atom is 0.247 e. The normalized spacial score (nSPS) is 23.9. The van der Waals surface area contributed by atoms with Crippen molar-refractivity contribution < 1.29 is 24.5 Å². The molecule has 1 fully saturated rings. The fourth-order valence-corrected chi connectivity index (χ4v) is 4.60. The zero-order chi connectivity index (χ0) is 27.8. The summed E-state index contributed by atoms with van der Waals surface area (Å²) in [5, 5.41) is 22.9.